The van der Waals surface area contributed by atoms with Gasteiger partial charge >= 0.3 is 0 Å². The summed E-state index contributed by atoms with van der Waals surface area (Å²) in [7, 11) is 1.68. The Morgan fingerprint density at radius 3 is 2.44 bits per heavy atom. The van der Waals surface area contributed by atoms with Crippen molar-refractivity contribution >= 4 is 34.2 Å². The molecule has 0 aliphatic carbocycles. The Hall–Kier alpha value is -0.740. The molecule has 1 unspecified atom stereocenters. The van der Waals surface area contributed by atoms with Gasteiger partial charge in [-0.05, 0) is 64.4 Å². The lowest BCUT2D eigenvalue weighted by Crippen LogP contribution is -1.96. The van der Waals surface area contributed by atoms with Crippen molar-refractivity contribution in [3.8, 4) is 5.75 Å². The number of benzene rings is 2. The Bertz CT molecular complexity index is 554. The number of hydrogen-bond acceptors (Lipinski definition) is 1. The van der Waals surface area contributed by atoms with Gasteiger partial charge in [-0.25, -0.2) is 0 Å². The van der Waals surface area contributed by atoms with E-state index in [1.807, 2.05) is 25.1 Å². The molecule has 0 heterocycles. The molecule has 2 rings (SSSR count). The maximum atomic E-state index is 6.53. The van der Waals surface area contributed by atoms with Gasteiger partial charge in [0, 0.05) is 3.57 Å². The fourth-order valence-electron chi connectivity index (χ4n) is 1.92. The number of rotatable bonds is 3. The Morgan fingerprint density at radius 1 is 1.11 bits per heavy atom. The molecule has 0 amide bonds. The lowest BCUT2D eigenvalue weighted by molar-refractivity contribution is 0.411. The number of ether oxygens (including phenoxy) is 1. The van der Waals surface area contributed by atoms with E-state index in [0.29, 0.717) is 0 Å². The number of aryl methyl sites for hydroxylation is 1. The predicted molar refractivity (Wildman–Crippen MR) is 84.6 cm³/mol. The second kappa shape index (κ2) is 5.93. The molecular weight excluding hydrogens is 359 g/mol. The van der Waals surface area contributed by atoms with Crippen LogP contribution >= 0.6 is 34.2 Å². The van der Waals surface area contributed by atoms with Crippen molar-refractivity contribution in [2.24, 2.45) is 0 Å². The second-order valence-corrected chi connectivity index (χ2v) is 5.83. The van der Waals surface area contributed by atoms with Gasteiger partial charge in [-0.15, -0.1) is 11.6 Å². The fourth-order valence-corrected chi connectivity index (χ4v) is 2.75. The number of methoxy groups -OCH3 is 1. The molecule has 1 atom stereocenters. The second-order valence-electron chi connectivity index (χ2n) is 4.15. The fraction of sp³-hybridized carbons (Fsp3) is 0.200. The summed E-state index contributed by atoms with van der Waals surface area (Å²) in [5, 5.41) is -0.121. The molecule has 94 valence electrons. The summed E-state index contributed by atoms with van der Waals surface area (Å²) in [4.78, 5) is 0. The molecule has 2 aromatic carbocycles. The highest BCUT2D eigenvalue weighted by Gasteiger charge is 2.12. The van der Waals surface area contributed by atoms with Crippen LogP contribution in [0.3, 0.4) is 0 Å². The average molecular weight is 373 g/mol. The summed E-state index contributed by atoms with van der Waals surface area (Å²) in [5.74, 6) is 0.894. The van der Waals surface area contributed by atoms with Crippen LogP contribution in [0.15, 0.2) is 42.5 Å². The molecule has 0 aromatic heterocycles. The number of hydrogen-bond donors (Lipinski definition) is 0. The lowest BCUT2D eigenvalue weighted by Gasteiger charge is -2.13. The normalized spacial score (nSPS) is 12.2. The minimum atomic E-state index is -0.121. The van der Waals surface area contributed by atoms with Crippen LogP contribution in [-0.4, -0.2) is 7.11 Å². The minimum Gasteiger partial charge on any atom is -0.496 e. The molecule has 1 nitrogen and oxygen atoms in total. The summed E-state index contributed by atoms with van der Waals surface area (Å²) >= 11 is 8.82. The molecule has 0 fully saturated rings. The number of halogens is 2. The van der Waals surface area contributed by atoms with Crippen molar-refractivity contribution in [3.63, 3.8) is 0 Å². The van der Waals surface area contributed by atoms with Crippen LogP contribution in [0, 0.1) is 10.5 Å². The maximum absolute atomic E-state index is 6.53. The van der Waals surface area contributed by atoms with Crippen LogP contribution in [0.2, 0.25) is 0 Å². The van der Waals surface area contributed by atoms with E-state index in [4.69, 9.17) is 16.3 Å². The third kappa shape index (κ3) is 2.98. The number of alkyl halides is 1. The summed E-state index contributed by atoms with van der Waals surface area (Å²) in [5.41, 5.74) is 3.32. The molecule has 0 N–H and O–H groups in total. The van der Waals surface area contributed by atoms with Crippen LogP contribution < -0.4 is 4.74 Å². The minimum absolute atomic E-state index is 0.121. The molecule has 0 saturated heterocycles. The van der Waals surface area contributed by atoms with Gasteiger partial charge in [-0.2, -0.15) is 0 Å². The van der Waals surface area contributed by atoms with E-state index in [0.717, 1.165) is 22.4 Å². The van der Waals surface area contributed by atoms with Gasteiger partial charge in [0.25, 0.3) is 0 Å². The quantitative estimate of drug-likeness (QED) is 0.548. The van der Waals surface area contributed by atoms with Gasteiger partial charge in [0.15, 0.2) is 0 Å². The molecule has 0 aliphatic heterocycles. The van der Waals surface area contributed by atoms with E-state index < -0.39 is 0 Å². The Kier molecular flexibility index (Phi) is 4.51. The third-order valence-electron chi connectivity index (χ3n) is 2.85. The van der Waals surface area contributed by atoms with Crippen LogP contribution in [0.25, 0.3) is 0 Å². The standard InChI is InChI=1S/C15H14ClIO/c1-10-8-12(6-7-14(10)18-2)15(16)11-4-3-5-13(17)9-11/h3-9,15H,1-2H3. The Balaban J connectivity index is 2.34. The lowest BCUT2D eigenvalue weighted by atomic mass is 10.0. The highest BCUT2D eigenvalue weighted by atomic mass is 127. The zero-order chi connectivity index (χ0) is 13.1. The largest absolute Gasteiger partial charge is 0.496 e. The summed E-state index contributed by atoms with van der Waals surface area (Å²) in [6, 6.07) is 14.3. The predicted octanol–water partition coefficient (Wildman–Crippen LogP) is 4.94. The van der Waals surface area contributed by atoms with E-state index in [9.17, 15) is 0 Å². The van der Waals surface area contributed by atoms with Gasteiger partial charge in [0.05, 0.1) is 12.5 Å². The Labute approximate surface area is 126 Å². The molecule has 0 bridgehead atoms. The van der Waals surface area contributed by atoms with Crippen LogP contribution in [0.1, 0.15) is 22.1 Å². The van der Waals surface area contributed by atoms with Gasteiger partial charge in [-0.3, -0.25) is 0 Å². The zero-order valence-electron chi connectivity index (χ0n) is 10.3. The van der Waals surface area contributed by atoms with E-state index in [1.165, 1.54) is 3.57 Å². The van der Waals surface area contributed by atoms with Gasteiger partial charge in [-0.1, -0.05) is 24.3 Å². The first-order chi connectivity index (χ1) is 8.61. The zero-order valence-corrected chi connectivity index (χ0v) is 13.2. The van der Waals surface area contributed by atoms with Crippen molar-refractivity contribution in [1.82, 2.24) is 0 Å². The van der Waals surface area contributed by atoms with Crippen LogP contribution in [0.5, 0.6) is 5.75 Å². The van der Waals surface area contributed by atoms with Crippen molar-refractivity contribution in [3.05, 3.63) is 62.7 Å². The van der Waals surface area contributed by atoms with E-state index >= 15 is 0 Å². The van der Waals surface area contributed by atoms with Crippen molar-refractivity contribution in [2.45, 2.75) is 12.3 Å². The first-order valence-electron chi connectivity index (χ1n) is 5.66. The molecule has 0 aliphatic rings. The molecule has 3 heteroatoms. The van der Waals surface area contributed by atoms with E-state index in [-0.39, 0.29) is 5.38 Å². The van der Waals surface area contributed by atoms with Gasteiger partial charge < -0.3 is 4.74 Å². The molecule has 2 aromatic rings. The topological polar surface area (TPSA) is 9.23 Å². The average Bonchev–Trinajstić information content (AvgIpc) is 2.37. The molecular formula is C15H14ClIO. The Morgan fingerprint density at radius 2 is 1.83 bits per heavy atom. The molecule has 0 saturated carbocycles. The molecule has 18 heavy (non-hydrogen) atoms. The summed E-state index contributed by atoms with van der Waals surface area (Å²) < 4.78 is 6.46. The molecule has 0 radical (unpaired) electrons. The van der Waals surface area contributed by atoms with Crippen molar-refractivity contribution in [2.75, 3.05) is 7.11 Å². The van der Waals surface area contributed by atoms with E-state index in [2.05, 4.69) is 46.9 Å². The van der Waals surface area contributed by atoms with Crippen molar-refractivity contribution < 1.29 is 4.74 Å². The summed E-state index contributed by atoms with van der Waals surface area (Å²) in [6.07, 6.45) is 0. The van der Waals surface area contributed by atoms with E-state index in [1.54, 1.807) is 7.11 Å². The highest BCUT2D eigenvalue weighted by Crippen LogP contribution is 2.32. The highest BCUT2D eigenvalue weighted by molar-refractivity contribution is 14.1. The molecule has 0 spiro atoms. The monoisotopic (exact) mass is 372 g/mol. The van der Waals surface area contributed by atoms with Crippen LogP contribution in [-0.2, 0) is 0 Å². The maximum Gasteiger partial charge on any atom is 0.121 e. The summed E-state index contributed by atoms with van der Waals surface area (Å²) in [6.45, 7) is 2.03. The third-order valence-corrected chi connectivity index (χ3v) is 4.03. The van der Waals surface area contributed by atoms with Gasteiger partial charge in [0.2, 0.25) is 0 Å². The first-order valence-corrected chi connectivity index (χ1v) is 7.17. The smallest absolute Gasteiger partial charge is 0.121 e. The first kappa shape index (κ1) is 13.7. The SMILES string of the molecule is COc1ccc(C(Cl)c2cccc(I)c2)cc1C. The van der Waals surface area contributed by atoms with Crippen molar-refractivity contribution in [1.29, 1.82) is 0 Å². The van der Waals surface area contributed by atoms with Crippen LogP contribution in [0.4, 0.5) is 0 Å². The van der Waals surface area contributed by atoms with Gasteiger partial charge in [0.1, 0.15) is 5.75 Å².